The Labute approximate surface area is 130 Å². The normalized spacial score (nSPS) is 12.3. The van der Waals surface area contributed by atoms with Crippen molar-refractivity contribution in [2.24, 2.45) is 0 Å². The van der Waals surface area contributed by atoms with Crippen molar-refractivity contribution in [2.75, 3.05) is 13.6 Å². The lowest BCUT2D eigenvalue weighted by molar-refractivity contribution is 0.558. The maximum atomic E-state index is 3.68. The molecule has 20 heavy (non-hydrogen) atoms. The van der Waals surface area contributed by atoms with Gasteiger partial charge in [0.2, 0.25) is 0 Å². The van der Waals surface area contributed by atoms with Crippen LogP contribution in [-0.4, -0.2) is 13.6 Å². The number of benzene rings is 2. The van der Waals surface area contributed by atoms with Crippen LogP contribution in [0.1, 0.15) is 29.9 Å². The molecule has 106 valence electrons. The second kappa shape index (κ2) is 8.23. The summed E-state index contributed by atoms with van der Waals surface area (Å²) in [5, 5.41) is 3.32. The topological polar surface area (TPSA) is 12.0 Å². The van der Waals surface area contributed by atoms with Gasteiger partial charge < -0.3 is 5.32 Å². The third kappa shape index (κ3) is 4.46. The molecule has 2 aromatic carbocycles. The van der Waals surface area contributed by atoms with E-state index in [-0.39, 0.29) is 0 Å². The van der Waals surface area contributed by atoms with Gasteiger partial charge >= 0.3 is 0 Å². The molecular formula is C18H22BrN. The lowest BCUT2D eigenvalue weighted by Gasteiger charge is -2.18. The number of rotatable bonds is 7. The van der Waals surface area contributed by atoms with E-state index in [1.165, 1.54) is 28.4 Å². The number of hydrogen-bond acceptors (Lipinski definition) is 1. The van der Waals surface area contributed by atoms with E-state index in [9.17, 15) is 0 Å². The highest BCUT2D eigenvalue weighted by atomic mass is 79.9. The Kier molecular flexibility index (Phi) is 6.28. The highest BCUT2D eigenvalue weighted by molar-refractivity contribution is 9.10. The van der Waals surface area contributed by atoms with E-state index in [1.54, 1.807) is 0 Å². The molecule has 0 saturated carbocycles. The van der Waals surface area contributed by atoms with Crippen molar-refractivity contribution < 1.29 is 0 Å². The van der Waals surface area contributed by atoms with Crippen molar-refractivity contribution in [1.82, 2.24) is 5.32 Å². The van der Waals surface area contributed by atoms with Crippen molar-refractivity contribution in [3.63, 3.8) is 0 Å². The number of nitrogens with one attached hydrogen (secondary N) is 1. The van der Waals surface area contributed by atoms with Gasteiger partial charge in [0.1, 0.15) is 0 Å². The second-order valence-electron chi connectivity index (χ2n) is 5.15. The molecule has 1 atom stereocenters. The molecule has 1 N–H and O–H groups in total. The van der Waals surface area contributed by atoms with Crippen LogP contribution in [-0.2, 0) is 6.42 Å². The van der Waals surface area contributed by atoms with Crippen LogP contribution in [0.2, 0.25) is 0 Å². The lowest BCUT2D eigenvalue weighted by atomic mass is 9.92. The molecule has 0 saturated heterocycles. The van der Waals surface area contributed by atoms with Crippen LogP contribution in [0.5, 0.6) is 0 Å². The van der Waals surface area contributed by atoms with Gasteiger partial charge in [-0.3, -0.25) is 0 Å². The van der Waals surface area contributed by atoms with Crippen LogP contribution < -0.4 is 5.32 Å². The Morgan fingerprint density at radius 1 is 1.00 bits per heavy atom. The maximum absolute atomic E-state index is 3.68. The van der Waals surface area contributed by atoms with Gasteiger partial charge in [-0.05, 0) is 49.4 Å². The molecule has 0 aliphatic heterocycles. The van der Waals surface area contributed by atoms with Crippen LogP contribution in [0.3, 0.4) is 0 Å². The number of likely N-dealkylation sites (N-methyl/N-ethyl adjacent to an activating group) is 1. The average molecular weight is 332 g/mol. The zero-order valence-corrected chi connectivity index (χ0v) is 13.6. The number of halogens is 1. The minimum Gasteiger partial charge on any atom is -0.319 e. The van der Waals surface area contributed by atoms with E-state index in [2.05, 4.69) is 75.8 Å². The average Bonchev–Trinajstić information content (AvgIpc) is 2.48. The fraction of sp³-hybridized carbons (Fsp3) is 0.333. The van der Waals surface area contributed by atoms with Crippen LogP contribution in [0.4, 0.5) is 0 Å². The van der Waals surface area contributed by atoms with Crippen molar-refractivity contribution in [2.45, 2.75) is 25.2 Å². The van der Waals surface area contributed by atoms with E-state index in [1.807, 2.05) is 7.05 Å². The fourth-order valence-corrected chi connectivity index (χ4v) is 3.23. The zero-order valence-electron chi connectivity index (χ0n) is 12.0. The Hall–Kier alpha value is -1.12. The Morgan fingerprint density at radius 2 is 1.70 bits per heavy atom. The molecule has 0 heterocycles. The molecule has 1 unspecified atom stereocenters. The standard InChI is InChI=1S/C18H22BrN/c1-20-14-16(17-12-5-6-13-18(17)19)11-7-10-15-8-3-2-4-9-15/h2-6,8-9,12-13,16,20H,7,10-11,14H2,1H3. The summed E-state index contributed by atoms with van der Waals surface area (Å²) >= 11 is 3.68. The predicted octanol–water partition coefficient (Wildman–Crippen LogP) is 4.78. The lowest BCUT2D eigenvalue weighted by Crippen LogP contribution is -2.17. The summed E-state index contributed by atoms with van der Waals surface area (Å²) in [4.78, 5) is 0. The van der Waals surface area contributed by atoms with Crippen molar-refractivity contribution >= 4 is 15.9 Å². The van der Waals surface area contributed by atoms with Gasteiger partial charge in [-0.2, -0.15) is 0 Å². The molecular weight excluding hydrogens is 310 g/mol. The molecule has 0 radical (unpaired) electrons. The smallest absolute Gasteiger partial charge is 0.0210 e. The van der Waals surface area contributed by atoms with Crippen molar-refractivity contribution in [1.29, 1.82) is 0 Å². The minimum absolute atomic E-state index is 0.569. The first-order valence-electron chi connectivity index (χ1n) is 7.24. The second-order valence-corrected chi connectivity index (χ2v) is 6.01. The van der Waals surface area contributed by atoms with Crippen LogP contribution in [0.25, 0.3) is 0 Å². The van der Waals surface area contributed by atoms with Gasteiger partial charge in [-0.25, -0.2) is 0 Å². The van der Waals surface area contributed by atoms with Crippen LogP contribution >= 0.6 is 15.9 Å². The first-order valence-corrected chi connectivity index (χ1v) is 8.03. The molecule has 0 aromatic heterocycles. The minimum atomic E-state index is 0.569. The summed E-state index contributed by atoms with van der Waals surface area (Å²) in [6.45, 7) is 1.03. The quantitative estimate of drug-likeness (QED) is 0.770. The van der Waals surface area contributed by atoms with E-state index in [4.69, 9.17) is 0 Å². The first kappa shape index (κ1) is 15.3. The van der Waals surface area contributed by atoms with Crippen molar-refractivity contribution in [3.05, 3.63) is 70.2 Å². The molecule has 0 aliphatic rings. The zero-order chi connectivity index (χ0) is 14.2. The van der Waals surface area contributed by atoms with Crippen molar-refractivity contribution in [3.8, 4) is 0 Å². The van der Waals surface area contributed by atoms with Crippen LogP contribution in [0.15, 0.2) is 59.1 Å². The van der Waals surface area contributed by atoms with Gasteiger partial charge in [0.15, 0.2) is 0 Å². The Bertz CT molecular complexity index is 510. The summed E-state index contributed by atoms with van der Waals surface area (Å²) in [6, 6.07) is 19.3. The third-order valence-electron chi connectivity index (χ3n) is 3.66. The predicted molar refractivity (Wildman–Crippen MR) is 90.2 cm³/mol. The monoisotopic (exact) mass is 331 g/mol. The number of aryl methyl sites for hydroxylation is 1. The summed E-state index contributed by atoms with van der Waals surface area (Å²) < 4.78 is 1.22. The molecule has 0 bridgehead atoms. The largest absolute Gasteiger partial charge is 0.319 e. The van der Waals surface area contributed by atoms with Crippen LogP contribution in [0, 0.1) is 0 Å². The van der Waals surface area contributed by atoms with E-state index in [0.29, 0.717) is 5.92 Å². The van der Waals surface area contributed by atoms with E-state index >= 15 is 0 Å². The van der Waals surface area contributed by atoms with E-state index in [0.717, 1.165) is 13.0 Å². The third-order valence-corrected chi connectivity index (χ3v) is 4.38. The molecule has 0 fully saturated rings. The SMILES string of the molecule is CNCC(CCCc1ccccc1)c1ccccc1Br. The fourth-order valence-electron chi connectivity index (χ4n) is 2.62. The molecule has 2 heteroatoms. The Morgan fingerprint density at radius 3 is 2.40 bits per heavy atom. The van der Waals surface area contributed by atoms with Gasteiger partial charge in [-0.15, -0.1) is 0 Å². The molecule has 1 nitrogen and oxygen atoms in total. The molecule has 0 amide bonds. The summed E-state index contributed by atoms with van der Waals surface area (Å²) in [5.41, 5.74) is 2.85. The highest BCUT2D eigenvalue weighted by Gasteiger charge is 2.13. The molecule has 0 spiro atoms. The summed E-state index contributed by atoms with van der Waals surface area (Å²) in [6.07, 6.45) is 3.58. The summed E-state index contributed by atoms with van der Waals surface area (Å²) in [5.74, 6) is 0.569. The molecule has 0 aliphatic carbocycles. The molecule has 2 aromatic rings. The maximum Gasteiger partial charge on any atom is 0.0210 e. The summed E-state index contributed by atoms with van der Waals surface area (Å²) in [7, 11) is 2.03. The Balaban J connectivity index is 1.95. The van der Waals surface area contributed by atoms with Gasteiger partial charge in [0.05, 0.1) is 0 Å². The van der Waals surface area contributed by atoms with Gasteiger partial charge in [0.25, 0.3) is 0 Å². The first-order chi connectivity index (χ1) is 9.81. The highest BCUT2D eigenvalue weighted by Crippen LogP contribution is 2.28. The van der Waals surface area contributed by atoms with Gasteiger partial charge in [-0.1, -0.05) is 64.5 Å². The molecule has 2 rings (SSSR count). The van der Waals surface area contributed by atoms with Gasteiger partial charge in [0, 0.05) is 11.0 Å². The number of hydrogen-bond donors (Lipinski definition) is 1. The van der Waals surface area contributed by atoms with E-state index < -0.39 is 0 Å².